The van der Waals surface area contributed by atoms with E-state index >= 15 is 0 Å². The molecule has 0 aromatic rings. The van der Waals surface area contributed by atoms with Gasteiger partial charge in [-0.1, -0.05) is 0 Å². The summed E-state index contributed by atoms with van der Waals surface area (Å²) in [6.45, 7) is 6.34. The molecule has 18 heavy (non-hydrogen) atoms. The Kier molecular flexibility index (Phi) is 3.09. The average Bonchev–Trinajstić information content (AvgIpc) is 2.58. The lowest BCUT2D eigenvalue weighted by atomic mass is 9.89. The number of nitrogens with zero attached hydrogens (tertiary/aromatic N) is 1. The third-order valence-corrected chi connectivity index (χ3v) is 3.07. The van der Waals surface area contributed by atoms with Crippen LogP contribution in [0.15, 0.2) is 12.3 Å². The van der Waals surface area contributed by atoms with Crippen molar-refractivity contribution in [2.75, 3.05) is 13.1 Å². The second-order valence-corrected chi connectivity index (χ2v) is 5.78. The fourth-order valence-corrected chi connectivity index (χ4v) is 2.24. The highest BCUT2D eigenvalue weighted by atomic mass is 16.6. The van der Waals surface area contributed by atoms with E-state index < -0.39 is 11.2 Å². The molecule has 100 valence electrons. The molecule has 0 aliphatic carbocycles. The minimum Gasteiger partial charge on any atom is -0.485 e. The van der Waals surface area contributed by atoms with Crippen LogP contribution < -0.4 is 0 Å². The van der Waals surface area contributed by atoms with Crippen molar-refractivity contribution in [1.29, 1.82) is 0 Å². The van der Waals surface area contributed by atoms with Crippen LogP contribution >= 0.6 is 0 Å². The molecule has 0 saturated carbocycles. The minimum atomic E-state index is -0.866. The van der Waals surface area contributed by atoms with E-state index in [2.05, 4.69) is 0 Å². The predicted molar refractivity (Wildman–Crippen MR) is 65.0 cm³/mol. The summed E-state index contributed by atoms with van der Waals surface area (Å²) in [5.41, 5.74) is -1.39. The summed E-state index contributed by atoms with van der Waals surface area (Å²) in [7, 11) is 0. The van der Waals surface area contributed by atoms with Crippen LogP contribution in [0.3, 0.4) is 0 Å². The number of carbonyl (C=O) groups excluding carboxylic acids is 2. The van der Waals surface area contributed by atoms with Gasteiger partial charge in [0.15, 0.2) is 5.60 Å². The Morgan fingerprint density at radius 1 is 1.50 bits per heavy atom. The van der Waals surface area contributed by atoms with Crippen molar-refractivity contribution in [2.24, 2.45) is 0 Å². The Hall–Kier alpha value is -1.52. The molecule has 2 aliphatic heterocycles. The zero-order valence-electron chi connectivity index (χ0n) is 11.1. The second-order valence-electron chi connectivity index (χ2n) is 5.78. The smallest absolute Gasteiger partial charge is 0.410 e. The molecule has 5 nitrogen and oxygen atoms in total. The fraction of sp³-hybridized carbons (Fsp3) is 0.692. The molecule has 0 aromatic carbocycles. The molecule has 2 heterocycles. The van der Waals surface area contributed by atoms with Gasteiger partial charge in [-0.25, -0.2) is 4.79 Å². The molecule has 1 unspecified atom stereocenters. The van der Waals surface area contributed by atoms with Gasteiger partial charge in [-0.3, -0.25) is 4.79 Å². The molecule has 2 rings (SSSR count). The van der Waals surface area contributed by atoms with Crippen molar-refractivity contribution in [3.8, 4) is 0 Å². The number of likely N-dealkylation sites (tertiary alicyclic amines) is 1. The van der Waals surface area contributed by atoms with Gasteiger partial charge in [-0.05, 0) is 33.6 Å². The van der Waals surface area contributed by atoms with Crippen LogP contribution in [-0.2, 0) is 14.3 Å². The van der Waals surface area contributed by atoms with Gasteiger partial charge < -0.3 is 14.4 Å². The minimum absolute atomic E-state index is 0.0595. The van der Waals surface area contributed by atoms with Crippen molar-refractivity contribution in [3.63, 3.8) is 0 Å². The van der Waals surface area contributed by atoms with E-state index in [1.807, 2.05) is 20.8 Å². The third-order valence-electron chi connectivity index (χ3n) is 3.07. The van der Waals surface area contributed by atoms with Gasteiger partial charge in [0.2, 0.25) is 5.78 Å². The number of ketones is 1. The topological polar surface area (TPSA) is 55.8 Å². The summed E-state index contributed by atoms with van der Waals surface area (Å²) < 4.78 is 10.7. The van der Waals surface area contributed by atoms with Gasteiger partial charge in [0.1, 0.15) is 5.60 Å². The average molecular weight is 253 g/mol. The molecule has 1 amide bonds. The van der Waals surface area contributed by atoms with Crippen LogP contribution in [0, 0.1) is 0 Å². The lowest BCUT2D eigenvalue weighted by Gasteiger charge is -2.38. The van der Waals surface area contributed by atoms with Crippen molar-refractivity contribution in [1.82, 2.24) is 4.90 Å². The van der Waals surface area contributed by atoms with Gasteiger partial charge in [0.05, 0.1) is 12.8 Å². The molecule has 0 N–H and O–H groups in total. The molecule has 1 atom stereocenters. The summed E-state index contributed by atoms with van der Waals surface area (Å²) in [5, 5.41) is 0. The number of piperidine rings is 1. The second kappa shape index (κ2) is 4.30. The molecular weight excluding hydrogens is 234 g/mol. The van der Waals surface area contributed by atoms with E-state index in [1.54, 1.807) is 4.90 Å². The molecule has 1 saturated heterocycles. The van der Waals surface area contributed by atoms with E-state index in [0.29, 0.717) is 13.0 Å². The quantitative estimate of drug-likeness (QED) is 0.661. The third kappa shape index (κ3) is 2.49. The zero-order chi connectivity index (χ0) is 13.4. The first-order chi connectivity index (χ1) is 8.32. The van der Waals surface area contributed by atoms with Gasteiger partial charge in [-0.15, -0.1) is 0 Å². The summed E-state index contributed by atoms with van der Waals surface area (Å²) in [4.78, 5) is 25.3. The number of hydrogen-bond acceptors (Lipinski definition) is 4. The number of rotatable bonds is 0. The lowest BCUT2D eigenvalue weighted by molar-refractivity contribution is -0.134. The van der Waals surface area contributed by atoms with Crippen molar-refractivity contribution >= 4 is 11.9 Å². The Morgan fingerprint density at radius 3 is 2.78 bits per heavy atom. The maximum atomic E-state index is 12.0. The predicted octanol–water partition coefficient (Wildman–Crippen LogP) is 1.87. The Bertz CT molecular complexity index is 396. The molecular formula is C13H19NO4. The zero-order valence-corrected chi connectivity index (χ0v) is 11.1. The van der Waals surface area contributed by atoms with E-state index in [0.717, 1.165) is 6.42 Å². The van der Waals surface area contributed by atoms with Crippen molar-refractivity contribution in [2.45, 2.75) is 44.8 Å². The highest BCUT2D eigenvalue weighted by Gasteiger charge is 2.46. The van der Waals surface area contributed by atoms with Crippen LogP contribution in [0.25, 0.3) is 0 Å². The first kappa shape index (κ1) is 12.9. The number of amides is 1. The Balaban J connectivity index is 2.03. The molecule has 0 bridgehead atoms. The van der Waals surface area contributed by atoms with Crippen LogP contribution in [0.5, 0.6) is 0 Å². The van der Waals surface area contributed by atoms with E-state index in [4.69, 9.17) is 9.47 Å². The Labute approximate surface area is 107 Å². The number of ether oxygens (including phenoxy) is 2. The van der Waals surface area contributed by atoms with E-state index in [9.17, 15) is 9.59 Å². The summed E-state index contributed by atoms with van der Waals surface area (Å²) in [6.07, 6.45) is 3.86. The summed E-state index contributed by atoms with van der Waals surface area (Å²) in [6, 6.07) is 0. The molecule has 5 heteroatoms. The highest BCUT2D eigenvalue weighted by Crippen LogP contribution is 2.31. The van der Waals surface area contributed by atoms with Crippen molar-refractivity contribution in [3.05, 3.63) is 12.3 Å². The van der Waals surface area contributed by atoms with Gasteiger partial charge in [0, 0.05) is 12.6 Å². The number of carbonyl (C=O) groups is 2. The van der Waals surface area contributed by atoms with Crippen LogP contribution in [0.1, 0.15) is 33.6 Å². The maximum absolute atomic E-state index is 12.0. The van der Waals surface area contributed by atoms with Gasteiger partial charge in [-0.2, -0.15) is 0 Å². The first-order valence-electron chi connectivity index (χ1n) is 6.19. The Morgan fingerprint density at radius 2 is 2.22 bits per heavy atom. The lowest BCUT2D eigenvalue weighted by Crippen LogP contribution is -2.54. The number of hydrogen-bond donors (Lipinski definition) is 0. The monoisotopic (exact) mass is 253 g/mol. The molecule has 1 spiro atoms. The van der Waals surface area contributed by atoms with E-state index in [1.165, 1.54) is 12.3 Å². The summed E-state index contributed by atoms with van der Waals surface area (Å²) >= 11 is 0. The van der Waals surface area contributed by atoms with Crippen LogP contribution in [0.2, 0.25) is 0 Å². The fourth-order valence-electron chi connectivity index (χ4n) is 2.24. The van der Waals surface area contributed by atoms with Crippen LogP contribution in [-0.4, -0.2) is 41.1 Å². The normalized spacial score (nSPS) is 27.5. The highest BCUT2D eigenvalue weighted by molar-refractivity contribution is 5.99. The molecule has 1 fully saturated rings. The maximum Gasteiger partial charge on any atom is 0.410 e. The first-order valence-corrected chi connectivity index (χ1v) is 6.19. The SMILES string of the molecule is CC(C)(C)OC(=O)N1CCCC2(C1)OC=CC2=O. The van der Waals surface area contributed by atoms with Crippen LogP contribution in [0.4, 0.5) is 4.79 Å². The van der Waals surface area contributed by atoms with Gasteiger partial charge in [0.25, 0.3) is 0 Å². The standard InChI is InChI=1S/C13H19NO4/c1-12(2,3)18-11(16)14-7-4-6-13(9-14)10(15)5-8-17-13/h5,8H,4,6-7,9H2,1-3H3. The van der Waals surface area contributed by atoms with Gasteiger partial charge >= 0.3 is 6.09 Å². The molecule has 2 aliphatic rings. The largest absolute Gasteiger partial charge is 0.485 e. The van der Waals surface area contributed by atoms with E-state index in [-0.39, 0.29) is 18.4 Å². The summed E-state index contributed by atoms with van der Waals surface area (Å²) in [5.74, 6) is -0.0595. The molecule has 0 radical (unpaired) electrons. The van der Waals surface area contributed by atoms with Crippen molar-refractivity contribution < 1.29 is 19.1 Å². The molecule has 0 aromatic heterocycles.